The molecule has 94 valence electrons. The third-order valence-electron chi connectivity index (χ3n) is 3.21. The molecule has 6 nitrogen and oxygen atoms in total. The molecule has 2 rings (SSSR count). The normalized spacial score (nSPS) is 24.1. The third kappa shape index (κ3) is 2.83. The standard InChI is InChI=1S/C11H16N2O4/c14-6-7-2-1-3-9(7)12-5-8-4-10(11(15)16)13-17-8/h4,7,9,12,14H,1-3,5-6H2,(H,15,16). The van der Waals surface area contributed by atoms with Crippen LogP contribution in [0, 0.1) is 5.92 Å². The predicted octanol–water partition coefficient (Wildman–Crippen LogP) is 0.623. The summed E-state index contributed by atoms with van der Waals surface area (Å²) in [7, 11) is 0. The molecule has 1 aliphatic rings. The fraction of sp³-hybridized carbons (Fsp3) is 0.636. The van der Waals surface area contributed by atoms with Crippen molar-refractivity contribution >= 4 is 5.97 Å². The van der Waals surface area contributed by atoms with Gasteiger partial charge in [-0.05, 0) is 18.8 Å². The summed E-state index contributed by atoms with van der Waals surface area (Å²) in [5.41, 5.74) is -0.0769. The van der Waals surface area contributed by atoms with Gasteiger partial charge in [-0.15, -0.1) is 0 Å². The molecule has 1 fully saturated rings. The lowest BCUT2D eigenvalue weighted by Crippen LogP contribution is -2.33. The van der Waals surface area contributed by atoms with Crippen molar-refractivity contribution in [1.82, 2.24) is 10.5 Å². The molecule has 0 aliphatic heterocycles. The largest absolute Gasteiger partial charge is 0.476 e. The van der Waals surface area contributed by atoms with Crippen LogP contribution in [0.4, 0.5) is 0 Å². The van der Waals surface area contributed by atoms with E-state index in [-0.39, 0.29) is 24.3 Å². The van der Waals surface area contributed by atoms with Gasteiger partial charge in [0.1, 0.15) is 0 Å². The minimum atomic E-state index is -1.09. The van der Waals surface area contributed by atoms with Crippen LogP contribution in [0.15, 0.2) is 10.6 Å². The van der Waals surface area contributed by atoms with Gasteiger partial charge in [-0.3, -0.25) is 0 Å². The number of aliphatic hydroxyl groups is 1. The first kappa shape index (κ1) is 12.1. The Hall–Kier alpha value is -1.40. The molecule has 1 aromatic heterocycles. The van der Waals surface area contributed by atoms with Crippen LogP contribution in [-0.4, -0.2) is 34.0 Å². The second kappa shape index (κ2) is 5.29. The van der Waals surface area contributed by atoms with Crippen LogP contribution in [0.5, 0.6) is 0 Å². The summed E-state index contributed by atoms with van der Waals surface area (Å²) in [5, 5.41) is 24.5. The number of hydrogen-bond donors (Lipinski definition) is 3. The maximum absolute atomic E-state index is 10.6. The molecule has 0 amide bonds. The quantitative estimate of drug-likeness (QED) is 0.698. The van der Waals surface area contributed by atoms with Crippen LogP contribution in [0.3, 0.4) is 0 Å². The van der Waals surface area contributed by atoms with Gasteiger partial charge in [0.25, 0.3) is 0 Å². The highest BCUT2D eigenvalue weighted by Gasteiger charge is 2.26. The van der Waals surface area contributed by atoms with E-state index in [1.807, 2.05) is 0 Å². The Kier molecular flexibility index (Phi) is 3.75. The van der Waals surface area contributed by atoms with Gasteiger partial charge in [0.2, 0.25) is 0 Å². The number of nitrogens with zero attached hydrogens (tertiary/aromatic N) is 1. The molecule has 1 saturated carbocycles. The number of aromatic nitrogens is 1. The summed E-state index contributed by atoms with van der Waals surface area (Å²) >= 11 is 0. The number of nitrogens with one attached hydrogen (secondary N) is 1. The number of carboxylic acids is 1. The van der Waals surface area contributed by atoms with Gasteiger partial charge in [-0.2, -0.15) is 0 Å². The molecule has 1 aliphatic carbocycles. The molecular formula is C11H16N2O4. The van der Waals surface area contributed by atoms with E-state index >= 15 is 0 Å². The van der Waals surface area contributed by atoms with E-state index in [1.54, 1.807) is 0 Å². The van der Waals surface area contributed by atoms with Crippen LogP contribution >= 0.6 is 0 Å². The Balaban J connectivity index is 1.86. The highest BCUT2D eigenvalue weighted by molar-refractivity contribution is 5.85. The first-order valence-electron chi connectivity index (χ1n) is 5.74. The van der Waals surface area contributed by atoms with E-state index in [0.29, 0.717) is 12.3 Å². The second-order valence-electron chi connectivity index (χ2n) is 4.34. The number of aliphatic hydroxyl groups excluding tert-OH is 1. The summed E-state index contributed by atoms with van der Waals surface area (Å²) in [4.78, 5) is 10.6. The van der Waals surface area contributed by atoms with Crippen LogP contribution in [0.2, 0.25) is 0 Å². The van der Waals surface area contributed by atoms with Crippen molar-refractivity contribution in [3.8, 4) is 0 Å². The Morgan fingerprint density at radius 3 is 3.06 bits per heavy atom. The smallest absolute Gasteiger partial charge is 0.358 e. The summed E-state index contributed by atoms with van der Waals surface area (Å²) < 4.78 is 4.90. The van der Waals surface area contributed by atoms with E-state index in [9.17, 15) is 4.79 Å². The summed E-state index contributed by atoms with van der Waals surface area (Å²) in [6, 6.07) is 1.69. The van der Waals surface area contributed by atoms with Crippen molar-refractivity contribution in [1.29, 1.82) is 0 Å². The number of carboxylic acid groups (broad SMARTS) is 1. The average molecular weight is 240 g/mol. The Labute approximate surface area is 98.6 Å². The molecule has 0 radical (unpaired) electrons. The molecule has 0 saturated heterocycles. The van der Waals surface area contributed by atoms with Gasteiger partial charge in [0.05, 0.1) is 6.54 Å². The van der Waals surface area contributed by atoms with Crippen LogP contribution in [-0.2, 0) is 6.54 Å². The molecule has 1 aromatic rings. The molecule has 6 heteroatoms. The summed E-state index contributed by atoms with van der Waals surface area (Å²) in [6.45, 7) is 0.635. The fourth-order valence-corrected chi connectivity index (χ4v) is 2.25. The van der Waals surface area contributed by atoms with E-state index in [0.717, 1.165) is 19.3 Å². The monoisotopic (exact) mass is 240 g/mol. The summed E-state index contributed by atoms with van der Waals surface area (Å²) in [5.74, 6) is -0.294. The lowest BCUT2D eigenvalue weighted by Gasteiger charge is -2.17. The van der Waals surface area contributed by atoms with Gasteiger partial charge >= 0.3 is 5.97 Å². The van der Waals surface area contributed by atoms with Crippen molar-refractivity contribution < 1.29 is 19.5 Å². The molecule has 2 unspecified atom stereocenters. The highest BCUT2D eigenvalue weighted by atomic mass is 16.5. The van der Waals surface area contributed by atoms with Crippen LogP contribution < -0.4 is 5.32 Å². The minimum absolute atomic E-state index is 0.0769. The Morgan fingerprint density at radius 1 is 1.59 bits per heavy atom. The molecule has 2 atom stereocenters. The SMILES string of the molecule is O=C(O)c1cc(CNC2CCCC2CO)on1. The van der Waals surface area contributed by atoms with Crippen molar-refractivity contribution in [2.75, 3.05) is 6.61 Å². The van der Waals surface area contributed by atoms with Crippen molar-refractivity contribution in [2.45, 2.75) is 31.8 Å². The maximum atomic E-state index is 10.6. The van der Waals surface area contributed by atoms with Crippen LogP contribution in [0.1, 0.15) is 35.5 Å². The van der Waals surface area contributed by atoms with E-state index < -0.39 is 5.97 Å². The fourth-order valence-electron chi connectivity index (χ4n) is 2.25. The lowest BCUT2D eigenvalue weighted by molar-refractivity contribution is 0.0685. The van der Waals surface area contributed by atoms with Gasteiger partial charge in [-0.25, -0.2) is 4.79 Å². The topological polar surface area (TPSA) is 95.6 Å². The van der Waals surface area contributed by atoms with Gasteiger partial charge in [-0.1, -0.05) is 11.6 Å². The number of aromatic carboxylic acids is 1. The zero-order chi connectivity index (χ0) is 12.3. The molecule has 1 heterocycles. The summed E-state index contributed by atoms with van der Waals surface area (Å²) in [6.07, 6.45) is 3.18. The Bertz CT molecular complexity index is 391. The highest BCUT2D eigenvalue weighted by Crippen LogP contribution is 2.25. The molecule has 0 spiro atoms. The zero-order valence-electron chi connectivity index (χ0n) is 9.43. The average Bonchev–Trinajstić information content (AvgIpc) is 2.95. The Morgan fingerprint density at radius 2 is 2.41 bits per heavy atom. The molecule has 17 heavy (non-hydrogen) atoms. The van der Waals surface area contributed by atoms with E-state index in [1.165, 1.54) is 6.07 Å². The predicted molar refractivity (Wildman–Crippen MR) is 58.5 cm³/mol. The van der Waals surface area contributed by atoms with Crippen LogP contribution in [0.25, 0.3) is 0 Å². The number of carbonyl (C=O) groups is 1. The molecule has 3 N–H and O–H groups in total. The minimum Gasteiger partial charge on any atom is -0.476 e. The number of rotatable bonds is 5. The second-order valence-corrected chi connectivity index (χ2v) is 4.34. The molecule has 0 bridgehead atoms. The third-order valence-corrected chi connectivity index (χ3v) is 3.21. The maximum Gasteiger partial charge on any atom is 0.358 e. The molecule has 0 aromatic carbocycles. The van der Waals surface area contributed by atoms with Crippen molar-refractivity contribution in [3.05, 3.63) is 17.5 Å². The molecular weight excluding hydrogens is 224 g/mol. The van der Waals surface area contributed by atoms with E-state index in [2.05, 4.69) is 10.5 Å². The zero-order valence-corrected chi connectivity index (χ0v) is 9.43. The van der Waals surface area contributed by atoms with Crippen molar-refractivity contribution in [3.63, 3.8) is 0 Å². The first-order chi connectivity index (χ1) is 8.20. The van der Waals surface area contributed by atoms with E-state index in [4.69, 9.17) is 14.7 Å². The van der Waals surface area contributed by atoms with Gasteiger partial charge in [0, 0.05) is 18.7 Å². The van der Waals surface area contributed by atoms with Crippen molar-refractivity contribution in [2.24, 2.45) is 5.92 Å². The lowest BCUT2D eigenvalue weighted by atomic mass is 10.1. The number of hydrogen-bond acceptors (Lipinski definition) is 5. The van der Waals surface area contributed by atoms with Gasteiger partial charge < -0.3 is 20.1 Å². The first-order valence-corrected chi connectivity index (χ1v) is 5.74. The van der Waals surface area contributed by atoms with Gasteiger partial charge in [0.15, 0.2) is 11.5 Å².